The molecule has 1 aliphatic heterocycles. The third-order valence-corrected chi connectivity index (χ3v) is 4.43. The SMILES string of the molecule is CC1CN(CCCF)C(C2CCCCC2)CN1. The van der Waals surface area contributed by atoms with E-state index in [0.29, 0.717) is 18.5 Å². The maximum atomic E-state index is 12.4. The van der Waals surface area contributed by atoms with Crippen LogP contribution in [0.1, 0.15) is 45.4 Å². The second-order valence-electron chi connectivity index (χ2n) is 5.81. The summed E-state index contributed by atoms with van der Waals surface area (Å²) in [6, 6.07) is 1.23. The molecule has 1 aliphatic carbocycles. The van der Waals surface area contributed by atoms with E-state index < -0.39 is 0 Å². The van der Waals surface area contributed by atoms with Gasteiger partial charge in [0.1, 0.15) is 0 Å². The number of halogens is 1. The molecule has 2 nitrogen and oxygen atoms in total. The van der Waals surface area contributed by atoms with Gasteiger partial charge in [-0.25, -0.2) is 0 Å². The zero-order chi connectivity index (χ0) is 12.1. The summed E-state index contributed by atoms with van der Waals surface area (Å²) in [5.41, 5.74) is 0. The Morgan fingerprint density at radius 3 is 2.71 bits per heavy atom. The summed E-state index contributed by atoms with van der Waals surface area (Å²) < 4.78 is 12.4. The number of hydrogen-bond donors (Lipinski definition) is 1. The monoisotopic (exact) mass is 242 g/mol. The van der Waals surface area contributed by atoms with Crippen molar-refractivity contribution in [3.63, 3.8) is 0 Å². The van der Waals surface area contributed by atoms with Gasteiger partial charge in [0.05, 0.1) is 6.67 Å². The van der Waals surface area contributed by atoms with Crippen LogP contribution in [0.5, 0.6) is 0 Å². The highest BCUT2D eigenvalue weighted by Crippen LogP contribution is 2.30. The molecule has 0 spiro atoms. The molecule has 0 aromatic carbocycles. The Morgan fingerprint density at radius 2 is 2.00 bits per heavy atom. The highest BCUT2D eigenvalue weighted by atomic mass is 19.1. The Balaban J connectivity index is 1.91. The molecular formula is C14H27FN2. The second-order valence-corrected chi connectivity index (χ2v) is 5.81. The van der Waals surface area contributed by atoms with Crippen LogP contribution in [0, 0.1) is 5.92 Å². The number of rotatable bonds is 4. The molecule has 1 saturated heterocycles. The molecular weight excluding hydrogens is 215 g/mol. The summed E-state index contributed by atoms with van der Waals surface area (Å²) in [6.45, 7) is 5.22. The molecule has 0 bridgehead atoms. The van der Waals surface area contributed by atoms with Gasteiger partial charge in [-0.05, 0) is 32.1 Å². The third kappa shape index (κ3) is 3.65. The standard InChI is InChI=1S/C14H27FN2/c1-12-11-17(9-5-8-15)14(10-16-12)13-6-3-2-4-7-13/h12-14,16H,2-11H2,1H3. The highest BCUT2D eigenvalue weighted by molar-refractivity contribution is 4.89. The van der Waals surface area contributed by atoms with Gasteiger partial charge in [-0.1, -0.05) is 19.3 Å². The minimum atomic E-state index is -0.171. The first kappa shape index (κ1) is 13.3. The molecule has 0 aromatic heterocycles. The molecule has 0 amide bonds. The fourth-order valence-electron chi connectivity index (χ4n) is 3.51. The molecule has 100 valence electrons. The zero-order valence-electron chi connectivity index (χ0n) is 11.1. The molecule has 1 saturated carbocycles. The van der Waals surface area contributed by atoms with Crippen LogP contribution in [0.15, 0.2) is 0 Å². The summed E-state index contributed by atoms with van der Waals surface area (Å²) in [5, 5.41) is 3.60. The van der Waals surface area contributed by atoms with Gasteiger partial charge >= 0.3 is 0 Å². The lowest BCUT2D eigenvalue weighted by Gasteiger charge is -2.44. The van der Waals surface area contributed by atoms with E-state index in [1.807, 2.05) is 0 Å². The smallest absolute Gasteiger partial charge is 0.0906 e. The molecule has 3 heteroatoms. The van der Waals surface area contributed by atoms with E-state index in [1.54, 1.807) is 0 Å². The number of alkyl halides is 1. The van der Waals surface area contributed by atoms with Crippen molar-refractivity contribution in [2.75, 3.05) is 26.3 Å². The Bertz CT molecular complexity index is 216. The lowest BCUT2D eigenvalue weighted by atomic mass is 9.82. The Kier molecular flexibility index (Phi) is 5.23. The van der Waals surface area contributed by atoms with Crippen molar-refractivity contribution in [1.29, 1.82) is 0 Å². The maximum Gasteiger partial charge on any atom is 0.0906 e. The van der Waals surface area contributed by atoms with Gasteiger partial charge in [-0.15, -0.1) is 0 Å². The highest BCUT2D eigenvalue weighted by Gasteiger charge is 2.32. The van der Waals surface area contributed by atoms with Crippen LogP contribution >= 0.6 is 0 Å². The van der Waals surface area contributed by atoms with Gasteiger partial charge in [0.2, 0.25) is 0 Å². The van der Waals surface area contributed by atoms with Gasteiger partial charge in [0.15, 0.2) is 0 Å². The summed E-state index contributed by atoms with van der Waals surface area (Å²) in [4.78, 5) is 2.55. The maximum absolute atomic E-state index is 12.4. The molecule has 1 heterocycles. The average molecular weight is 242 g/mol. The summed E-state index contributed by atoms with van der Waals surface area (Å²) in [7, 11) is 0. The fraction of sp³-hybridized carbons (Fsp3) is 1.00. The molecule has 0 aromatic rings. The second kappa shape index (κ2) is 6.69. The molecule has 2 aliphatic rings. The Hall–Kier alpha value is -0.150. The van der Waals surface area contributed by atoms with Crippen LogP contribution in [0.3, 0.4) is 0 Å². The minimum absolute atomic E-state index is 0.171. The van der Waals surface area contributed by atoms with Gasteiger partial charge < -0.3 is 5.32 Å². The molecule has 2 fully saturated rings. The zero-order valence-corrected chi connectivity index (χ0v) is 11.1. The lowest BCUT2D eigenvalue weighted by molar-refractivity contribution is 0.0727. The quantitative estimate of drug-likeness (QED) is 0.815. The van der Waals surface area contributed by atoms with Crippen LogP contribution in [0.4, 0.5) is 4.39 Å². The number of nitrogens with one attached hydrogen (secondary N) is 1. The van der Waals surface area contributed by atoms with Crippen LogP contribution in [-0.4, -0.2) is 43.3 Å². The predicted octanol–water partition coefficient (Wildman–Crippen LogP) is 2.59. The largest absolute Gasteiger partial charge is 0.311 e. The normalized spacial score (nSPS) is 32.8. The first-order chi connectivity index (χ1) is 8.31. The molecule has 17 heavy (non-hydrogen) atoms. The topological polar surface area (TPSA) is 15.3 Å². The van der Waals surface area contributed by atoms with Gasteiger partial charge in [-0.3, -0.25) is 9.29 Å². The molecule has 2 unspecified atom stereocenters. The summed E-state index contributed by atoms with van der Waals surface area (Å²) in [5.74, 6) is 0.850. The van der Waals surface area contributed by atoms with Crippen LogP contribution < -0.4 is 5.32 Å². The van der Waals surface area contributed by atoms with Gasteiger partial charge in [0.25, 0.3) is 0 Å². The Labute approximate surface area is 105 Å². The van der Waals surface area contributed by atoms with Crippen LogP contribution in [0.2, 0.25) is 0 Å². The third-order valence-electron chi connectivity index (χ3n) is 4.43. The molecule has 2 rings (SSSR count). The predicted molar refractivity (Wildman–Crippen MR) is 70.0 cm³/mol. The van der Waals surface area contributed by atoms with E-state index in [9.17, 15) is 4.39 Å². The Morgan fingerprint density at radius 1 is 1.24 bits per heavy atom. The lowest BCUT2D eigenvalue weighted by Crippen LogP contribution is -2.58. The van der Waals surface area contributed by atoms with Crippen LogP contribution in [0.25, 0.3) is 0 Å². The molecule has 0 radical (unpaired) electrons. The molecule has 2 atom stereocenters. The van der Waals surface area contributed by atoms with Crippen LogP contribution in [-0.2, 0) is 0 Å². The number of hydrogen-bond acceptors (Lipinski definition) is 2. The van der Waals surface area contributed by atoms with Crippen molar-refractivity contribution >= 4 is 0 Å². The molecule has 1 N–H and O–H groups in total. The summed E-state index contributed by atoms with van der Waals surface area (Å²) >= 11 is 0. The minimum Gasteiger partial charge on any atom is -0.311 e. The van der Waals surface area contributed by atoms with Gasteiger partial charge in [0, 0.05) is 31.7 Å². The average Bonchev–Trinajstić information content (AvgIpc) is 2.37. The first-order valence-electron chi connectivity index (χ1n) is 7.34. The van der Waals surface area contributed by atoms with E-state index in [2.05, 4.69) is 17.1 Å². The summed E-state index contributed by atoms with van der Waals surface area (Å²) in [6.07, 6.45) is 7.68. The van der Waals surface area contributed by atoms with E-state index in [-0.39, 0.29) is 6.67 Å². The van der Waals surface area contributed by atoms with Gasteiger partial charge in [-0.2, -0.15) is 0 Å². The van der Waals surface area contributed by atoms with Crippen molar-refractivity contribution in [2.45, 2.75) is 57.5 Å². The van der Waals surface area contributed by atoms with Crippen molar-refractivity contribution in [2.24, 2.45) is 5.92 Å². The van der Waals surface area contributed by atoms with E-state index in [1.165, 1.54) is 32.1 Å². The van der Waals surface area contributed by atoms with E-state index in [0.717, 1.165) is 25.6 Å². The fourth-order valence-corrected chi connectivity index (χ4v) is 3.51. The van der Waals surface area contributed by atoms with E-state index in [4.69, 9.17) is 0 Å². The van der Waals surface area contributed by atoms with Crippen molar-refractivity contribution in [3.05, 3.63) is 0 Å². The van der Waals surface area contributed by atoms with Crippen molar-refractivity contribution in [1.82, 2.24) is 10.2 Å². The first-order valence-corrected chi connectivity index (χ1v) is 7.34. The van der Waals surface area contributed by atoms with Crippen molar-refractivity contribution < 1.29 is 4.39 Å². The van der Waals surface area contributed by atoms with E-state index >= 15 is 0 Å². The van der Waals surface area contributed by atoms with Crippen molar-refractivity contribution in [3.8, 4) is 0 Å². The number of nitrogens with zero attached hydrogens (tertiary/aromatic N) is 1. The number of piperazine rings is 1.